The largest absolute Gasteiger partial charge is 0.392 e. The minimum absolute atomic E-state index is 0.176. The van der Waals surface area contributed by atoms with E-state index in [0.29, 0.717) is 13.0 Å². The molecule has 0 bridgehead atoms. The Balaban J connectivity index is 2.13. The van der Waals surface area contributed by atoms with E-state index in [-0.39, 0.29) is 18.0 Å². The van der Waals surface area contributed by atoms with Crippen LogP contribution in [0.4, 0.5) is 4.39 Å². The van der Waals surface area contributed by atoms with Gasteiger partial charge in [-0.15, -0.1) is 0 Å². The van der Waals surface area contributed by atoms with Gasteiger partial charge in [0.1, 0.15) is 5.82 Å². The summed E-state index contributed by atoms with van der Waals surface area (Å²) in [7, 11) is 0. The molecule has 0 amide bonds. The molecule has 0 radical (unpaired) electrons. The number of β-amino-alcohol motifs (C(OH)–C–C–N with tert-alkyl or cyclic N) is 1. The van der Waals surface area contributed by atoms with E-state index in [9.17, 15) is 9.50 Å². The maximum Gasteiger partial charge on any atom is 0.123 e. The Hall–Kier alpha value is -0.930. The number of aliphatic hydroxyl groups excluding tert-OH is 1. The fourth-order valence-corrected chi connectivity index (χ4v) is 1.67. The summed E-state index contributed by atoms with van der Waals surface area (Å²) in [5, 5.41) is 12.4. The summed E-state index contributed by atoms with van der Waals surface area (Å²) in [5.41, 5.74) is 1.04. The zero-order valence-electron chi connectivity index (χ0n) is 7.20. The Morgan fingerprint density at radius 1 is 1.31 bits per heavy atom. The number of hydrogen-bond acceptors (Lipinski definition) is 2. The van der Waals surface area contributed by atoms with Crippen molar-refractivity contribution in [1.29, 1.82) is 0 Å². The minimum Gasteiger partial charge on any atom is -0.392 e. The standard InChI is InChI=1S/C10H12FNO/c11-8-3-1-7(2-4-8)10-5-9(13)6-12-10/h1-4,9-10,12-13H,5-6H2/t9-,10-/m1/s1. The molecule has 1 saturated heterocycles. The van der Waals surface area contributed by atoms with Crippen LogP contribution in [0.25, 0.3) is 0 Å². The molecule has 70 valence electrons. The van der Waals surface area contributed by atoms with Crippen molar-refractivity contribution in [3.8, 4) is 0 Å². The van der Waals surface area contributed by atoms with Crippen LogP contribution in [0.1, 0.15) is 18.0 Å². The molecule has 0 spiro atoms. The van der Waals surface area contributed by atoms with E-state index in [4.69, 9.17) is 0 Å². The summed E-state index contributed by atoms with van der Waals surface area (Å²) in [4.78, 5) is 0. The topological polar surface area (TPSA) is 32.3 Å². The van der Waals surface area contributed by atoms with Crippen LogP contribution in [-0.4, -0.2) is 17.8 Å². The van der Waals surface area contributed by atoms with Gasteiger partial charge in [0, 0.05) is 12.6 Å². The summed E-state index contributed by atoms with van der Waals surface area (Å²) in [5.74, 6) is -0.220. The molecule has 1 aliphatic heterocycles. The van der Waals surface area contributed by atoms with Crippen molar-refractivity contribution in [2.45, 2.75) is 18.6 Å². The van der Waals surface area contributed by atoms with Gasteiger partial charge >= 0.3 is 0 Å². The van der Waals surface area contributed by atoms with E-state index in [2.05, 4.69) is 5.32 Å². The quantitative estimate of drug-likeness (QED) is 0.682. The SMILES string of the molecule is O[C@H]1CN[C@@H](c2ccc(F)cc2)C1. The molecule has 1 aliphatic rings. The highest BCUT2D eigenvalue weighted by Gasteiger charge is 2.22. The first-order valence-electron chi connectivity index (χ1n) is 4.42. The first-order chi connectivity index (χ1) is 6.25. The lowest BCUT2D eigenvalue weighted by molar-refractivity contribution is 0.193. The van der Waals surface area contributed by atoms with E-state index >= 15 is 0 Å². The molecule has 13 heavy (non-hydrogen) atoms. The van der Waals surface area contributed by atoms with Crippen molar-refractivity contribution in [3.05, 3.63) is 35.6 Å². The van der Waals surface area contributed by atoms with Gasteiger partial charge in [-0.25, -0.2) is 4.39 Å². The zero-order valence-corrected chi connectivity index (χ0v) is 7.20. The number of hydrogen-bond donors (Lipinski definition) is 2. The number of halogens is 1. The molecule has 0 aromatic heterocycles. The van der Waals surface area contributed by atoms with Crippen LogP contribution in [0.3, 0.4) is 0 Å². The molecule has 0 saturated carbocycles. The Morgan fingerprint density at radius 3 is 2.54 bits per heavy atom. The first kappa shape index (κ1) is 8.66. The summed E-state index contributed by atoms with van der Waals surface area (Å²) < 4.78 is 12.6. The second-order valence-corrected chi connectivity index (χ2v) is 3.40. The van der Waals surface area contributed by atoms with Crippen LogP contribution in [0, 0.1) is 5.82 Å². The molecule has 2 rings (SSSR count). The van der Waals surface area contributed by atoms with Gasteiger partial charge < -0.3 is 10.4 Å². The molecule has 1 fully saturated rings. The third kappa shape index (κ3) is 1.87. The maximum atomic E-state index is 12.6. The third-order valence-electron chi connectivity index (χ3n) is 2.38. The predicted molar refractivity (Wildman–Crippen MR) is 47.8 cm³/mol. The van der Waals surface area contributed by atoms with E-state index in [1.807, 2.05) is 0 Å². The molecule has 1 aromatic carbocycles. The second-order valence-electron chi connectivity index (χ2n) is 3.40. The van der Waals surface area contributed by atoms with E-state index < -0.39 is 0 Å². The average molecular weight is 181 g/mol. The Bertz CT molecular complexity index is 285. The summed E-state index contributed by atoms with van der Waals surface area (Å²) in [6.07, 6.45) is 0.445. The number of rotatable bonds is 1. The molecular formula is C10H12FNO. The van der Waals surface area contributed by atoms with Gasteiger partial charge in [-0.3, -0.25) is 0 Å². The van der Waals surface area contributed by atoms with E-state index in [0.717, 1.165) is 5.56 Å². The van der Waals surface area contributed by atoms with Gasteiger partial charge in [0.25, 0.3) is 0 Å². The Morgan fingerprint density at radius 2 is 2.00 bits per heavy atom. The molecule has 2 nitrogen and oxygen atoms in total. The lowest BCUT2D eigenvalue weighted by atomic mass is 10.1. The highest BCUT2D eigenvalue weighted by atomic mass is 19.1. The van der Waals surface area contributed by atoms with Crippen LogP contribution in [-0.2, 0) is 0 Å². The fraction of sp³-hybridized carbons (Fsp3) is 0.400. The van der Waals surface area contributed by atoms with Crippen LogP contribution < -0.4 is 5.32 Å². The average Bonchev–Trinajstić information content (AvgIpc) is 2.53. The monoisotopic (exact) mass is 181 g/mol. The van der Waals surface area contributed by atoms with Gasteiger partial charge in [-0.05, 0) is 24.1 Å². The van der Waals surface area contributed by atoms with Crippen LogP contribution >= 0.6 is 0 Å². The molecule has 1 aromatic rings. The molecule has 2 atom stereocenters. The molecule has 3 heteroatoms. The van der Waals surface area contributed by atoms with Crippen molar-refractivity contribution in [2.75, 3.05) is 6.54 Å². The van der Waals surface area contributed by atoms with Crippen LogP contribution in [0.2, 0.25) is 0 Å². The highest BCUT2D eigenvalue weighted by molar-refractivity contribution is 5.21. The summed E-state index contributed by atoms with van der Waals surface area (Å²) in [6.45, 7) is 0.627. The first-order valence-corrected chi connectivity index (χ1v) is 4.42. The van der Waals surface area contributed by atoms with E-state index in [1.54, 1.807) is 12.1 Å². The second kappa shape index (κ2) is 3.44. The van der Waals surface area contributed by atoms with Crippen molar-refractivity contribution in [2.24, 2.45) is 0 Å². The van der Waals surface area contributed by atoms with Crippen molar-refractivity contribution in [3.63, 3.8) is 0 Å². The highest BCUT2D eigenvalue weighted by Crippen LogP contribution is 2.23. The summed E-state index contributed by atoms with van der Waals surface area (Å²) in [6, 6.07) is 6.58. The predicted octanol–water partition coefficient (Wildman–Crippen LogP) is 1.22. The van der Waals surface area contributed by atoms with Gasteiger partial charge in [0.2, 0.25) is 0 Å². The van der Waals surface area contributed by atoms with Crippen LogP contribution in [0.5, 0.6) is 0 Å². The van der Waals surface area contributed by atoms with E-state index in [1.165, 1.54) is 12.1 Å². The molecule has 0 unspecified atom stereocenters. The lowest BCUT2D eigenvalue weighted by Crippen LogP contribution is -2.14. The minimum atomic E-state index is -0.268. The van der Waals surface area contributed by atoms with Crippen LogP contribution in [0.15, 0.2) is 24.3 Å². The fourth-order valence-electron chi connectivity index (χ4n) is 1.67. The molecule has 2 N–H and O–H groups in total. The van der Waals surface area contributed by atoms with Gasteiger partial charge in [0.05, 0.1) is 6.10 Å². The summed E-state index contributed by atoms with van der Waals surface area (Å²) >= 11 is 0. The smallest absolute Gasteiger partial charge is 0.123 e. The Labute approximate surface area is 76.4 Å². The molecule has 1 heterocycles. The van der Waals surface area contributed by atoms with Gasteiger partial charge in [-0.1, -0.05) is 12.1 Å². The van der Waals surface area contributed by atoms with Crippen molar-refractivity contribution < 1.29 is 9.50 Å². The van der Waals surface area contributed by atoms with Gasteiger partial charge in [-0.2, -0.15) is 0 Å². The number of aliphatic hydroxyl groups is 1. The van der Waals surface area contributed by atoms with Crippen molar-refractivity contribution >= 4 is 0 Å². The van der Waals surface area contributed by atoms with Crippen molar-refractivity contribution in [1.82, 2.24) is 5.32 Å². The number of nitrogens with one attached hydrogen (secondary N) is 1. The zero-order chi connectivity index (χ0) is 9.26. The maximum absolute atomic E-state index is 12.6. The normalized spacial score (nSPS) is 27.8. The molecular weight excluding hydrogens is 169 g/mol. The lowest BCUT2D eigenvalue weighted by Gasteiger charge is -2.09. The third-order valence-corrected chi connectivity index (χ3v) is 2.38. The number of benzene rings is 1. The molecule has 0 aliphatic carbocycles. The van der Waals surface area contributed by atoms with Gasteiger partial charge in [0.15, 0.2) is 0 Å². The Kier molecular flexibility index (Phi) is 2.29.